The first kappa shape index (κ1) is 31.4. The number of anilines is 1. The van der Waals surface area contributed by atoms with Crippen molar-refractivity contribution in [3.8, 4) is 11.8 Å². The van der Waals surface area contributed by atoms with Gasteiger partial charge in [0, 0.05) is 12.1 Å². The minimum Gasteiger partial charge on any atom is -0.465 e. The van der Waals surface area contributed by atoms with Crippen molar-refractivity contribution in [3.63, 3.8) is 0 Å². The maximum absolute atomic E-state index is 13.2. The van der Waals surface area contributed by atoms with E-state index in [-0.39, 0.29) is 11.7 Å². The summed E-state index contributed by atoms with van der Waals surface area (Å²) in [6.45, 7) is 11.9. The van der Waals surface area contributed by atoms with Gasteiger partial charge in [0.15, 0.2) is 5.13 Å². The molecule has 0 saturated heterocycles. The Balaban J connectivity index is 2.60. The minimum absolute atomic E-state index is 0.108. The quantitative estimate of drug-likeness (QED) is 0.341. The molecule has 0 aliphatic heterocycles. The SMILES string of the molecule is CC#Cc1nc(N(C[C@@H](NC(=O)OC(C)(C)C)C(c2ccc(C(F)(F)F)nc2)C(C)(C)C)C(=O)O)sc1Br. The highest BCUT2D eigenvalue weighted by Gasteiger charge is 2.39. The third-order valence-electron chi connectivity index (χ3n) is 5.13. The summed E-state index contributed by atoms with van der Waals surface area (Å²) in [6.07, 6.45) is -5.67. The van der Waals surface area contributed by atoms with E-state index in [9.17, 15) is 27.9 Å². The molecule has 2 rings (SSSR count). The molecule has 0 aromatic carbocycles. The number of ether oxygens (including phenoxy) is 1. The fourth-order valence-electron chi connectivity index (χ4n) is 3.82. The Labute approximate surface area is 232 Å². The van der Waals surface area contributed by atoms with Gasteiger partial charge in [0.25, 0.3) is 0 Å². The highest BCUT2D eigenvalue weighted by atomic mass is 79.9. The summed E-state index contributed by atoms with van der Waals surface area (Å²) in [7, 11) is 0. The van der Waals surface area contributed by atoms with Crippen molar-refractivity contribution >= 4 is 44.6 Å². The van der Waals surface area contributed by atoms with E-state index < -0.39 is 47.0 Å². The predicted molar refractivity (Wildman–Crippen MR) is 142 cm³/mol. The Kier molecular flexibility index (Phi) is 9.83. The van der Waals surface area contributed by atoms with E-state index in [4.69, 9.17) is 4.74 Å². The van der Waals surface area contributed by atoms with Crippen LogP contribution < -0.4 is 10.2 Å². The molecule has 0 fully saturated rings. The van der Waals surface area contributed by atoms with Gasteiger partial charge < -0.3 is 15.2 Å². The second-order valence-electron chi connectivity index (χ2n) is 10.5. The van der Waals surface area contributed by atoms with Gasteiger partial charge in [-0.15, -0.1) is 0 Å². The number of nitrogens with one attached hydrogen (secondary N) is 1. The number of carbonyl (C=O) groups excluding carboxylic acids is 1. The molecule has 0 aliphatic rings. The molecule has 0 bridgehead atoms. The van der Waals surface area contributed by atoms with Crippen molar-refractivity contribution in [1.82, 2.24) is 15.3 Å². The molecule has 0 aliphatic carbocycles. The molecule has 2 heterocycles. The number of rotatable bonds is 6. The van der Waals surface area contributed by atoms with E-state index in [1.165, 1.54) is 6.07 Å². The summed E-state index contributed by atoms with van der Waals surface area (Å²) in [5, 5.41) is 12.9. The topological polar surface area (TPSA) is 105 Å². The van der Waals surface area contributed by atoms with Gasteiger partial charge in [-0.25, -0.2) is 14.6 Å². The Morgan fingerprint density at radius 1 is 1.21 bits per heavy atom. The van der Waals surface area contributed by atoms with Crippen LogP contribution in [0.25, 0.3) is 0 Å². The number of hydrogen-bond donors (Lipinski definition) is 2. The van der Waals surface area contributed by atoms with Crippen molar-refractivity contribution < 1.29 is 32.6 Å². The molecule has 2 aromatic rings. The van der Waals surface area contributed by atoms with E-state index >= 15 is 0 Å². The van der Waals surface area contributed by atoms with Gasteiger partial charge in [0.05, 0.1) is 12.6 Å². The monoisotopic (exact) mass is 618 g/mol. The third-order valence-corrected chi connectivity index (χ3v) is 6.86. The Bertz CT molecular complexity index is 1210. The molecule has 13 heteroatoms. The molecule has 2 aromatic heterocycles. The van der Waals surface area contributed by atoms with Gasteiger partial charge in [-0.05, 0) is 66.6 Å². The average Bonchev–Trinajstić information content (AvgIpc) is 3.09. The number of alkyl carbamates (subject to hydrolysis) is 1. The number of aromatic nitrogens is 2. The third kappa shape index (κ3) is 8.59. The Hall–Kier alpha value is -2.85. The zero-order valence-corrected chi connectivity index (χ0v) is 24.4. The maximum Gasteiger partial charge on any atom is 0.433 e. The molecule has 8 nitrogen and oxygen atoms in total. The molecule has 0 radical (unpaired) electrons. The summed E-state index contributed by atoms with van der Waals surface area (Å²) < 4.78 is 45.4. The van der Waals surface area contributed by atoms with Crippen LogP contribution in [0.4, 0.5) is 27.9 Å². The normalized spacial score (nSPS) is 13.7. The average molecular weight is 620 g/mol. The minimum atomic E-state index is -4.62. The second kappa shape index (κ2) is 11.9. The number of carbonyl (C=O) groups is 2. The van der Waals surface area contributed by atoms with Gasteiger partial charge in [0.1, 0.15) is 20.8 Å². The zero-order valence-electron chi connectivity index (χ0n) is 22.0. The number of halogens is 4. The number of nitrogens with zero attached hydrogens (tertiary/aromatic N) is 3. The van der Waals surface area contributed by atoms with Crippen LogP contribution in [0.15, 0.2) is 22.1 Å². The number of amides is 2. The summed E-state index contributed by atoms with van der Waals surface area (Å²) in [5.74, 6) is 4.82. The van der Waals surface area contributed by atoms with Crippen molar-refractivity contribution in [3.05, 3.63) is 39.1 Å². The van der Waals surface area contributed by atoms with Crippen molar-refractivity contribution in [2.75, 3.05) is 11.4 Å². The molecule has 38 heavy (non-hydrogen) atoms. The summed E-state index contributed by atoms with van der Waals surface area (Å²) in [5.41, 5.74) is -1.82. The highest BCUT2D eigenvalue weighted by Crippen LogP contribution is 2.40. The van der Waals surface area contributed by atoms with Crippen LogP contribution in [-0.2, 0) is 10.9 Å². The lowest BCUT2D eigenvalue weighted by atomic mass is 9.72. The molecule has 0 saturated carbocycles. The smallest absolute Gasteiger partial charge is 0.433 e. The van der Waals surface area contributed by atoms with Crippen LogP contribution >= 0.6 is 27.3 Å². The van der Waals surface area contributed by atoms with Crippen LogP contribution in [0.1, 0.15) is 71.3 Å². The largest absolute Gasteiger partial charge is 0.465 e. The number of thiazole rings is 1. The van der Waals surface area contributed by atoms with Gasteiger partial charge in [-0.2, -0.15) is 13.2 Å². The molecule has 1 unspecified atom stereocenters. The van der Waals surface area contributed by atoms with Gasteiger partial charge in [-0.3, -0.25) is 9.88 Å². The maximum atomic E-state index is 13.2. The van der Waals surface area contributed by atoms with E-state index in [0.29, 0.717) is 15.0 Å². The Morgan fingerprint density at radius 2 is 1.84 bits per heavy atom. The van der Waals surface area contributed by atoms with E-state index in [0.717, 1.165) is 28.5 Å². The molecule has 2 atom stereocenters. The molecular weight excluding hydrogens is 589 g/mol. The van der Waals surface area contributed by atoms with Crippen LogP contribution in [0, 0.1) is 17.3 Å². The van der Waals surface area contributed by atoms with Gasteiger partial charge >= 0.3 is 18.4 Å². The lowest BCUT2D eigenvalue weighted by Crippen LogP contribution is -2.52. The second-order valence-corrected chi connectivity index (χ2v) is 12.8. The fourth-order valence-corrected chi connectivity index (χ4v) is 5.20. The first-order valence-corrected chi connectivity index (χ1v) is 13.1. The fraction of sp³-hybridized carbons (Fsp3) is 0.520. The zero-order chi connectivity index (χ0) is 29.1. The van der Waals surface area contributed by atoms with E-state index in [2.05, 4.69) is 43.1 Å². The molecule has 2 amide bonds. The predicted octanol–water partition coefficient (Wildman–Crippen LogP) is 6.90. The summed E-state index contributed by atoms with van der Waals surface area (Å²) in [6, 6.07) is 1.21. The van der Waals surface area contributed by atoms with Crippen molar-refractivity contribution in [1.29, 1.82) is 0 Å². The lowest BCUT2D eigenvalue weighted by Gasteiger charge is -2.39. The van der Waals surface area contributed by atoms with Crippen LogP contribution in [0.5, 0.6) is 0 Å². The van der Waals surface area contributed by atoms with E-state index in [1.807, 2.05) is 20.8 Å². The van der Waals surface area contributed by atoms with Gasteiger partial charge in [0.2, 0.25) is 0 Å². The van der Waals surface area contributed by atoms with Crippen LogP contribution in [0.2, 0.25) is 0 Å². The molecular formula is C25H30BrF3N4O4S. The summed E-state index contributed by atoms with van der Waals surface area (Å²) >= 11 is 4.39. The molecule has 208 valence electrons. The number of alkyl halides is 3. The Morgan fingerprint density at radius 3 is 2.29 bits per heavy atom. The standard InChI is InChI=1S/C25H30BrF3N4O4S/c1-8-9-15-19(26)38-20(31-15)33(22(35)36)13-16(32-21(34)37-24(5,6)7)18(23(2,3)4)14-10-11-17(30-12-14)25(27,28)29/h10-12,16,18H,13H2,1-7H3,(H,32,34)(H,35,36)/t16-,18?/m1/s1. The van der Waals surface area contributed by atoms with Crippen molar-refractivity contribution in [2.45, 2.75) is 72.2 Å². The van der Waals surface area contributed by atoms with Crippen LogP contribution in [-0.4, -0.2) is 45.4 Å². The number of carboxylic acid groups (broad SMARTS) is 1. The first-order valence-electron chi connectivity index (χ1n) is 11.5. The number of pyridine rings is 1. The van der Waals surface area contributed by atoms with Gasteiger partial charge in [-0.1, -0.05) is 44.1 Å². The lowest BCUT2D eigenvalue weighted by molar-refractivity contribution is -0.141. The molecule has 0 spiro atoms. The summed E-state index contributed by atoms with van der Waals surface area (Å²) in [4.78, 5) is 34.1. The van der Waals surface area contributed by atoms with Crippen molar-refractivity contribution in [2.24, 2.45) is 5.41 Å². The first-order chi connectivity index (χ1) is 17.3. The van der Waals surface area contributed by atoms with Crippen LogP contribution in [0.3, 0.4) is 0 Å². The molecule has 2 N–H and O–H groups in total. The van der Waals surface area contributed by atoms with E-state index in [1.54, 1.807) is 27.7 Å². The highest BCUT2D eigenvalue weighted by molar-refractivity contribution is 9.11. The number of hydrogen-bond acceptors (Lipinski definition) is 6.